The molecule has 2 N–H and O–H groups in total. The molecule has 0 bridgehead atoms. The molecule has 4 heteroatoms. The van der Waals surface area contributed by atoms with Crippen molar-refractivity contribution in [1.29, 1.82) is 0 Å². The molecule has 20 heavy (non-hydrogen) atoms. The Morgan fingerprint density at radius 2 is 2.25 bits per heavy atom. The van der Waals surface area contributed by atoms with Crippen molar-refractivity contribution >= 4 is 16.7 Å². The van der Waals surface area contributed by atoms with Crippen LogP contribution in [0.25, 0.3) is 10.9 Å². The van der Waals surface area contributed by atoms with Crippen molar-refractivity contribution in [2.24, 2.45) is 5.73 Å². The SMILES string of the molecule is COC1CCCN(c2nc3ccccc3cc2CN)C1. The topological polar surface area (TPSA) is 51.4 Å². The third kappa shape index (κ3) is 2.49. The molecule has 1 aromatic heterocycles. The van der Waals surface area contributed by atoms with E-state index in [1.807, 2.05) is 12.1 Å². The van der Waals surface area contributed by atoms with Crippen LogP contribution in [0, 0.1) is 0 Å². The van der Waals surface area contributed by atoms with E-state index >= 15 is 0 Å². The van der Waals surface area contributed by atoms with E-state index in [0.29, 0.717) is 12.6 Å². The molecule has 1 saturated heterocycles. The van der Waals surface area contributed by atoms with Gasteiger partial charge in [0.2, 0.25) is 0 Å². The largest absolute Gasteiger partial charge is 0.380 e. The highest BCUT2D eigenvalue weighted by molar-refractivity contribution is 5.81. The molecule has 2 aromatic rings. The Kier molecular flexibility index (Phi) is 3.85. The van der Waals surface area contributed by atoms with E-state index in [9.17, 15) is 0 Å². The molecule has 4 nitrogen and oxygen atoms in total. The summed E-state index contributed by atoms with van der Waals surface area (Å²) in [7, 11) is 1.78. The predicted octanol–water partition coefficient (Wildman–Crippen LogP) is 2.31. The zero-order chi connectivity index (χ0) is 13.9. The van der Waals surface area contributed by atoms with Gasteiger partial charge in [0.15, 0.2) is 0 Å². The van der Waals surface area contributed by atoms with Crippen LogP contribution >= 0.6 is 0 Å². The van der Waals surface area contributed by atoms with Gasteiger partial charge in [-0.15, -0.1) is 0 Å². The van der Waals surface area contributed by atoms with Crippen molar-refractivity contribution in [2.75, 3.05) is 25.1 Å². The first-order valence-corrected chi connectivity index (χ1v) is 7.18. The van der Waals surface area contributed by atoms with Crippen LogP contribution < -0.4 is 10.6 Å². The van der Waals surface area contributed by atoms with Gasteiger partial charge in [-0.1, -0.05) is 18.2 Å². The number of para-hydroxylation sites is 1. The summed E-state index contributed by atoms with van der Waals surface area (Å²) >= 11 is 0. The molecule has 106 valence electrons. The Bertz CT molecular complexity index is 599. The van der Waals surface area contributed by atoms with Crippen LogP contribution in [0.3, 0.4) is 0 Å². The zero-order valence-corrected chi connectivity index (χ0v) is 11.9. The normalized spacial score (nSPS) is 19.5. The predicted molar refractivity (Wildman–Crippen MR) is 81.9 cm³/mol. The van der Waals surface area contributed by atoms with Crippen LogP contribution in [-0.4, -0.2) is 31.3 Å². The lowest BCUT2D eigenvalue weighted by Crippen LogP contribution is -2.40. The molecule has 1 aromatic carbocycles. The minimum atomic E-state index is 0.294. The van der Waals surface area contributed by atoms with E-state index in [4.69, 9.17) is 15.5 Å². The highest BCUT2D eigenvalue weighted by Gasteiger charge is 2.22. The summed E-state index contributed by atoms with van der Waals surface area (Å²) in [4.78, 5) is 7.14. The number of ether oxygens (including phenoxy) is 1. The third-order valence-corrected chi connectivity index (χ3v) is 4.01. The Balaban J connectivity index is 2.00. The highest BCUT2D eigenvalue weighted by Crippen LogP contribution is 2.26. The van der Waals surface area contributed by atoms with Crippen molar-refractivity contribution in [1.82, 2.24) is 4.98 Å². The summed E-state index contributed by atoms with van der Waals surface area (Å²) in [6, 6.07) is 10.4. The molecular formula is C16H21N3O. The molecule has 0 spiro atoms. The van der Waals surface area contributed by atoms with Crippen molar-refractivity contribution in [3.63, 3.8) is 0 Å². The molecule has 0 amide bonds. The van der Waals surface area contributed by atoms with Crippen molar-refractivity contribution < 1.29 is 4.74 Å². The van der Waals surface area contributed by atoms with E-state index in [0.717, 1.165) is 48.2 Å². The van der Waals surface area contributed by atoms with Gasteiger partial charge in [0.25, 0.3) is 0 Å². The van der Waals surface area contributed by atoms with Crippen LogP contribution in [0.1, 0.15) is 18.4 Å². The number of benzene rings is 1. The standard InChI is InChI=1S/C16H21N3O/c1-20-14-6-4-8-19(11-14)16-13(10-17)9-12-5-2-3-7-15(12)18-16/h2-3,5,7,9,14H,4,6,8,10-11,17H2,1H3. The first kappa shape index (κ1) is 13.3. The lowest BCUT2D eigenvalue weighted by Gasteiger charge is -2.34. The van der Waals surface area contributed by atoms with Gasteiger partial charge in [-0.3, -0.25) is 0 Å². The molecule has 1 unspecified atom stereocenters. The maximum atomic E-state index is 5.92. The first-order chi connectivity index (χ1) is 9.81. The average Bonchev–Trinajstić information content (AvgIpc) is 2.53. The second-order valence-corrected chi connectivity index (χ2v) is 5.31. The molecule has 0 radical (unpaired) electrons. The van der Waals surface area contributed by atoms with E-state index in [-0.39, 0.29) is 0 Å². The fourth-order valence-corrected chi connectivity index (χ4v) is 2.90. The average molecular weight is 271 g/mol. The maximum absolute atomic E-state index is 5.92. The minimum absolute atomic E-state index is 0.294. The number of anilines is 1. The van der Waals surface area contributed by atoms with Crippen LogP contribution in [0.2, 0.25) is 0 Å². The summed E-state index contributed by atoms with van der Waals surface area (Å²) in [5.41, 5.74) is 8.06. The molecule has 1 aliphatic heterocycles. The molecule has 0 saturated carbocycles. The van der Waals surface area contributed by atoms with Gasteiger partial charge in [0, 0.05) is 37.7 Å². The Labute approximate surface area is 119 Å². The van der Waals surface area contributed by atoms with Crippen molar-refractivity contribution in [3.8, 4) is 0 Å². The van der Waals surface area contributed by atoms with Gasteiger partial charge in [-0.2, -0.15) is 0 Å². The lowest BCUT2D eigenvalue weighted by molar-refractivity contribution is 0.0891. The fourth-order valence-electron chi connectivity index (χ4n) is 2.90. The summed E-state index contributed by atoms with van der Waals surface area (Å²) in [6.07, 6.45) is 2.55. The number of hydrogen-bond donors (Lipinski definition) is 1. The number of rotatable bonds is 3. The number of hydrogen-bond acceptors (Lipinski definition) is 4. The van der Waals surface area contributed by atoms with E-state index in [2.05, 4.69) is 23.1 Å². The summed E-state index contributed by atoms with van der Waals surface area (Å²) in [5, 5.41) is 1.15. The van der Waals surface area contributed by atoms with Crippen LogP contribution in [-0.2, 0) is 11.3 Å². The number of pyridine rings is 1. The molecule has 1 atom stereocenters. The molecule has 3 rings (SSSR count). The van der Waals surface area contributed by atoms with Crippen LogP contribution in [0.4, 0.5) is 5.82 Å². The number of aromatic nitrogens is 1. The Morgan fingerprint density at radius 1 is 1.40 bits per heavy atom. The minimum Gasteiger partial charge on any atom is -0.380 e. The molecule has 1 aliphatic rings. The van der Waals surface area contributed by atoms with Gasteiger partial charge < -0.3 is 15.4 Å². The second-order valence-electron chi connectivity index (χ2n) is 5.31. The summed E-state index contributed by atoms with van der Waals surface area (Å²) < 4.78 is 5.50. The number of methoxy groups -OCH3 is 1. The van der Waals surface area contributed by atoms with Gasteiger partial charge in [-0.05, 0) is 25.0 Å². The van der Waals surface area contributed by atoms with Crippen LogP contribution in [0.15, 0.2) is 30.3 Å². The summed E-state index contributed by atoms with van der Waals surface area (Å²) in [5.74, 6) is 1.02. The number of piperidine rings is 1. The molecule has 1 fully saturated rings. The van der Waals surface area contributed by atoms with Gasteiger partial charge >= 0.3 is 0 Å². The van der Waals surface area contributed by atoms with Gasteiger partial charge in [0.1, 0.15) is 5.82 Å². The number of nitrogens with two attached hydrogens (primary N) is 1. The number of nitrogens with zero attached hydrogens (tertiary/aromatic N) is 2. The van der Waals surface area contributed by atoms with Crippen molar-refractivity contribution in [3.05, 3.63) is 35.9 Å². The lowest BCUT2D eigenvalue weighted by atomic mass is 10.1. The highest BCUT2D eigenvalue weighted by atomic mass is 16.5. The summed E-state index contributed by atoms with van der Waals surface area (Å²) in [6.45, 7) is 2.44. The van der Waals surface area contributed by atoms with E-state index < -0.39 is 0 Å². The smallest absolute Gasteiger partial charge is 0.133 e. The Morgan fingerprint density at radius 3 is 3.05 bits per heavy atom. The monoisotopic (exact) mass is 271 g/mol. The molecule has 2 heterocycles. The quantitative estimate of drug-likeness (QED) is 0.930. The number of fused-ring (bicyclic) bond motifs is 1. The van der Waals surface area contributed by atoms with Crippen molar-refractivity contribution in [2.45, 2.75) is 25.5 Å². The maximum Gasteiger partial charge on any atom is 0.133 e. The zero-order valence-electron chi connectivity index (χ0n) is 11.9. The second kappa shape index (κ2) is 5.77. The fraction of sp³-hybridized carbons (Fsp3) is 0.438. The van der Waals surface area contributed by atoms with Gasteiger partial charge in [0.05, 0.1) is 11.6 Å². The van der Waals surface area contributed by atoms with E-state index in [1.165, 1.54) is 0 Å². The third-order valence-electron chi connectivity index (χ3n) is 4.01. The molecular weight excluding hydrogens is 250 g/mol. The first-order valence-electron chi connectivity index (χ1n) is 7.18. The molecule has 0 aliphatic carbocycles. The van der Waals surface area contributed by atoms with Crippen LogP contribution in [0.5, 0.6) is 0 Å². The van der Waals surface area contributed by atoms with E-state index in [1.54, 1.807) is 7.11 Å². The Hall–Kier alpha value is -1.65. The van der Waals surface area contributed by atoms with Gasteiger partial charge in [-0.25, -0.2) is 4.98 Å².